The van der Waals surface area contributed by atoms with Gasteiger partial charge in [0.15, 0.2) is 0 Å². The summed E-state index contributed by atoms with van der Waals surface area (Å²) in [6.45, 7) is 5.43. The van der Waals surface area contributed by atoms with E-state index in [0.29, 0.717) is 11.3 Å². The van der Waals surface area contributed by atoms with Crippen LogP contribution in [0, 0.1) is 17.1 Å². The van der Waals surface area contributed by atoms with Crippen molar-refractivity contribution in [3.8, 4) is 6.07 Å². The zero-order valence-electron chi connectivity index (χ0n) is 14.3. The first-order valence-corrected chi connectivity index (χ1v) is 8.50. The third kappa shape index (κ3) is 3.81. The molecule has 2 aromatic rings. The molecule has 0 radical (unpaired) electrons. The molecule has 1 unspecified atom stereocenters. The highest BCUT2D eigenvalue weighted by atomic mass is 19.1. The first-order chi connectivity index (χ1) is 12.1. The minimum atomic E-state index is -0.333. The van der Waals surface area contributed by atoms with Gasteiger partial charge in [-0.2, -0.15) is 5.26 Å². The van der Waals surface area contributed by atoms with E-state index in [0.717, 1.165) is 31.7 Å². The van der Waals surface area contributed by atoms with Crippen molar-refractivity contribution in [2.45, 2.75) is 19.6 Å². The van der Waals surface area contributed by atoms with Crippen molar-refractivity contribution >= 4 is 5.69 Å². The molecule has 4 nitrogen and oxygen atoms in total. The van der Waals surface area contributed by atoms with Crippen molar-refractivity contribution in [3.63, 3.8) is 0 Å². The lowest BCUT2D eigenvalue weighted by atomic mass is 10.0. The molecule has 2 aromatic carbocycles. The molecular formula is C20H22FN3O. The van der Waals surface area contributed by atoms with Crippen LogP contribution in [0.15, 0.2) is 42.5 Å². The highest BCUT2D eigenvalue weighted by Crippen LogP contribution is 2.26. The lowest BCUT2D eigenvalue weighted by Crippen LogP contribution is -2.47. The Morgan fingerprint density at radius 2 is 1.80 bits per heavy atom. The van der Waals surface area contributed by atoms with Crippen molar-refractivity contribution in [3.05, 3.63) is 65.0 Å². The second-order valence-electron chi connectivity index (χ2n) is 6.38. The highest BCUT2D eigenvalue weighted by molar-refractivity contribution is 5.51. The average Bonchev–Trinajstić information content (AvgIpc) is 2.67. The second-order valence-corrected chi connectivity index (χ2v) is 6.38. The van der Waals surface area contributed by atoms with Gasteiger partial charge >= 0.3 is 0 Å². The minimum Gasteiger partial charge on any atom is -0.392 e. The summed E-state index contributed by atoms with van der Waals surface area (Å²) in [5.74, 6) is -0.333. The van der Waals surface area contributed by atoms with Gasteiger partial charge in [-0.3, -0.25) is 4.90 Å². The largest absolute Gasteiger partial charge is 0.392 e. The Labute approximate surface area is 147 Å². The minimum absolute atomic E-state index is 0.0590. The number of hydrogen-bond acceptors (Lipinski definition) is 4. The van der Waals surface area contributed by atoms with Crippen molar-refractivity contribution in [1.82, 2.24) is 4.90 Å². The molecule has 1 aliphatic heterocycles. The van der Waals surface area contributed by atoms with Gasteiger partial charge in [0.2, 0.25) is 0 Å². The SMILES string of the molecule is CC(c1ccc(CO)cc1)N1CCN(c2ccc(C#N)cc2F)CC1. The van der Waals surface area contributed by atoms with Crippen molar-refractivity contribution in [2.24, 2.45) is 0 Å². The van der Waals surface area contributed by atoms with Gasteiger partial charge in [-0.15, -0.1) is 0 Å². The predicted molar refractivity (Wildman–Crippen MR) is 95.7 cm³/mol. The molecule has 1 atom stereocenters. The van der Waals surface area contributed by atoms with Crippen LogP contribution in [0.25, 0.3) is 0 Å². The van der Waals surface area contributed by atoms with Gasteiger partial charge in [0.1, 0.15) is 5.82 Å². The second kappa shape index (κ2) is 7.64. The first-order valence-electron chi connectivity index (χ1n) is 8.50. The van der Waals surface area contributed by atoms with E-state index < -0.39 is 0 Å². The van der Waals surface area contributed by atoms with Gasteiger partial charge in [-0.1, -0.05) is 24.3 Å². The Hall–Kier alpha value is -2.42. The highest BCUT2D eigenvalue weighted by Gasteiger charge is 2.23. The number of hydrogen-bond donors (Lipinski definition) is 1. The third-order valence-electron chi connectivity index (χ3n) is 4.92. The van der Waals surface area contributed by atoms with E-state index >= 15 is 0 Å². The van der Waals surface area contributed by atoms with E-state index in [1.54, 1.807) is 12.1 Å². The molecule has 0 amide bonds. The number of benzene rings is 2. The van der Waals surface area contributed by atoms with E-state index in [9.17, 15) is 4.39 Å². The summed E-state index contributed by atoms with van der Waals surface area (Å²) in [4.78, 5) is 4.42. The normalized spacial score (nSPS) is 16.5. The van der Waals surface area contributed by atoms with E-state index in [2.05, 4.69) is 24.0 Å². The van der Waals surface area contributed by atoms with E-state index in [1.807, 2.05) is 23.1 Å². The zero-order valence-corrected chi connectivity index (χ0v) is 14.3. The number of piperazine rings is 1. The van der Waals surface area contributed by atoms with Crippen LogP contribution < -0.4 is 4.90 Å². The Kier molecular flexibility index (Phi) is 5.32. The molecular weight excluding hydrogens is 317 g/mol. The van der Waals surface area contributed by atoms with Crippen LogP contribution in [0.4, 0.5) is 10.1 Å². The molecule has 1 fully saturated rings. The molecule has 1 saturated heterocycles. The van der Waals surface area contributed by atoms with Crippen molar-refractivity contribution in [1.29, 1.82) is 5.26 Å². The maximum Gasteiger partial charge on any atom is 0.147 e. The molecule has 0 saturated carbocycles. The van der Waals surface area contributed by atoms with Gasteiger partial charge < -0.3 is 10.0 Å². The maximum atomic E-state index is 14.2. The van der Waals surface area contributed by atoms with Gasteiger partial charge in [-0.05, 0) is 36.2 Å². The summed E-state index contributed by atoms with van der Waals surface area (Å²) in [5, 5.41) is 18.0. The van der Waals surface area contributed by atoms with Gasteiger partial charge in [0.05, 0.1) is 23.9 Å². The number of nitriles is 1. The smallest absolute Gasteiger partial charge is 0.147 e. The number of rotatable bonds is 4. The summed E-state index contributed by atoms with van der Waals surface area (Å²) in [5.41, 5.74) is 3.05. The van der Waals surface area contributed by atoms with Gasteiger partial charge in [0.25, 0.3) is 0 Å². The summed E-state index contributed by atoms with van der Waals surface area (Å²) >= 11 is 0. The Bertz CT molecular complexity index is 762. The summed E-state index contributed by atoms with van der Waals surface area (Å²) in [7, 11) is 0. The summed E-state index contributed by atoms with van der Waals surface area (Å²) in [6.07, 6.45) is 0. The zero-order chi connectivity index (χ0) is 17.8. The summed E-state index contributed by atoms with van der Waals surface area (Å²) < 4.78 is 14.2. The van der Waals surface area contributed by atoms with Crippen molar-refractivity contribution < 1.29 is 9.50 Å². The number of aliphatic hydroxyl groups is 1. The van der Waals surface area contributed by atoms with Crippen molar-refractivity contribution in [2.75, 3.05) is 31.1 Å². The fourth-order valence-corrected chi connectivity index (χ4v) is 3.30. The van der Waals surface area contributed by atoms with Crippen LogP contribution in [0.5, 0.6) is 0 Å². The maximum absolute atomic E-state index is 14.2. The van der Waals surface area contributed by atoms with E-state index in [-0.39, 0.29) is 18.5 Å². The molecule has 0 aromatic heterocycles. The molecule has 1 aliphatic rings. The Balaban J connectivity index is 1.64. The Morgan fingerprint density at radius 3 is 2.36 bits per heavy atom. The quantitative estimate of drug-likeness (QED) is 0.930. The molecule has 0 spiro atoms. The molecule has 25 heavy (non-hydrogen) atoms. The number of halogens is 1. The first kappa shape index (κ1) is 17.4. The number of aliphatic hydroxyl groups excluding tert-OH is 1. The van der Waals surface area contributed by atoms with Crippen LogP contribution in [0.3, 0.4) is 0 Å². The van der Waals surface area contributed by atoms with Gasteiger partial charge in [0, 0.05) is 32.2 Å². The Morgan fingerprint density at radius 1 is 1.12 bits per heavy atom. The average molecular weight is 339 g/mol. The molecule has 0 bridgehead atoms. The van der Waals surface area contributed by atoms with Crippen LogP contribution in [-0.2, 0) is 6.61 Å². The lowest BCUT2D eigenvalue weighted by Gasteiger charge is -2.39. The molecule has 130 valence electrons. The fourth-order valence-electron chi connectivity index (χ4n) is 3.30. The molecule has 3 rings (SSSR count). The lowest BCUT2D eigenvalue weighted by molar-refractivity contribution is 0.198. The number of anilines is 1. The molecule has 1 heterocycles. The van der Waals surface area contributed by atoms with Gasteiger partial charge in [-0.25, -0.2) is 4.39 Å². The monoisotopic (exact) mass is 339 g/mol. The van der Waals surface area contributed by atoms with E-state index in [1.165, 1.54) is 11.6 Å². The third-order valence-corrected chi connectivity index (χ3v) is 4.92. The fraction of sp³-hybridized carbons (Fsp3) is 0.350. The summed E-state index contributed by atoms with van der Waals surface area (Å²) in [6, 6.07) is 14.9. The van der Waals surface area contributed by atoms with E-state index in [4.69, 9.17) is 10.4 Å². The number of nitrogens with zero attached hydrogens (tertiary/aromatic N) is 3. The van der Waals surface area contributed by atoms with Crippen LogP contribution in [0.2, 0.25) is 0 Å². The molecule has 5 heteroatoms. The predicted octanol–water partition coefficient (Wildman–Crippen LogP) is 3.07. The van der Waals surface area contributed by atoms with Crippen LogP contribution >= 0.6 is 0 Å². The molecule has 1 N–H and O–H groups in total. The standard InChI is InChI=1S/C20H22FN3O/c1-15(18-5-2-16(14-25)3-6-18)23-8-10-24(11-9-23)20-7-4-17(13-22)12-19(20)21/h2-7,12,15,25H,8-11,14H2,1H3. The van der Waals surface area contributed by atoms with Crippen LogP contribution in [-0.4, -0.2) is 36.2 Å². The molecule has 0 aliphatic carbocycles. The topological polar surface area (TPSA) is 50.5 Å². The van der Waals surface area contributed by atoms with Crippen LogP contribution in [0.1, 0.15) is 29.7 Å².